The SMILES string of the molecule is Cn1c2cccnc2c2cncnc21. The molecule has 68 valence electrons. The molecule has 4 nitrogen and oxygen atoms in total. The highest BCUT2D eigenvalue weighted by atomic mass is 15.0. The number of hydrogen-bond acceptors (Lipinski definition) is 3. The van der Waals surface area contributed by atoms with E-state index in [1.54, 1.807) is 18.7 Å². The van der Waals surface area contributed by atoms with Gasteiger partial charge in [-0.1, -0.05) is 0 Å². The monoisotopic (exact) mass is 184 g/mol. The van der Waals surface area contributed by atoms with Crippen molar-refractivity contribution in [1.82, 2.24) is 19.5 Å². The molecular weight excluding hydrogens is 176 g/mol. The fourth-order valence-corrected chi connectivity index (χ4v) is 1.75. The lowest BCUT2D eigenvalue weighted by Gasteiger charge is -1.93. The molecule has 0 bridgehead atoms. The highest BCUT2D eigenvalue weighted by Gasteiger charge is 2.08. The molecule has 0 aliphatic heterocycles. The molecule has 0 aliphatic carbocycles. The molecule has 3 heterocycles. The van der Waals surface area contributed by atoms with Crippen LogP contribution in [0.4, 0.5) is 0 Å². The molecule has 3 rings (SSSR count). The summed E-state index contributed by atoms with van der Waals surface area (Å²) in [4.78, 5) is 12.6. The first-order valence-electron chi connectivity index (χ1n) is 4.37. The summed E-state index contributed by atoms with van der Waals surface area (Å²) in [5.74, 6) is 0. The average molecular weight is 184 g/mol. The Morgan fingerprint density at radius 1 is 1.29 bits per heavy atom. The lowest BCUT2D eigenvalue weighted by Crippen LogP contribution is -1.88. The summed E-state index contributed by atoms with van der Waals surface area (Å²) >= 11 is 0. The predicted molar refractivity (Wildman–Crippen MR) is 53.8 cm³/mol. The molecule has 0 aliphatic rings. The number of fused-ring (bicyclic) bond motifs is 3. The zero-order valence-corrected chi connectivity index (χ0v) is 7.68. The topological polar surface area (TPSA) is 43.6 Å². The fourth-order valence-electron chi connectivity index (χ4n) is 1.75. The summed E-state index contributed by atoms with van der Waals surface area (Å²) in [5, 5.41) is 1.01. The van der Waals surface area contributed by atoms with Crippen LogP contribution in [0.2, 0.25) is 0 Å². The van der Waals surface area contributed by atoms with Crippen molar-refractivity contribution in [1.29, 1.82) is 0 Å². The van der Waals surface area contributed by atoms with Crippen LogP contribution in [-0.2, 0) is 7.05 Å². The minimum atomic E-state index is 0.925. The number of aromatic nitrogens is 4. The number of pyridine rings is 1. The van der Waals surface area contributed by atoms with E-state index in [0.717, 1.165) is 22.1 Å². The van der Waals surface area contributed by atoms with Crippen molar-refractivity contribution in [3.8, 4) is 0 Å². The van der Waals surface area contributed by atoms with Gasteiger partial charge in [0.15, 0.2) is 0 Å². The van der Waals surface area contributed by atoms with E-state index in [9.17, 15) is 0 Å². The molecule has 4 heteroatoms. The lowest BCUT2D eigenvalue weighted by molar-refractivity contribution is 0.981. The summed E-state index contributed by atoms with van der Waals surface area (Å²) in [7, 11) is 1.99. The molecule has 0 saturated carbocycles. The van der Waals surface area contributed by atoms with Crippen LogP contribution in [0.15, 0.2) is 30.9 Å². The standard InChI is InChI=1S/C10H8N4/c1-14-8-3-2-4-12-9(8)7-5-11-6-13-10(7)14/h2-6H,1H3. The molecule has 3 aromatic rings. The van der Waals surface area contributed by atoms with Crippen LogP contribution in [0.5, 0.6) is 0 Å². The Bertz CT molecular complexity index is 558. The van der Waals surface area contributed by atoms with Gasteiger partial charge in [0.05, 0.1) is 16.4 Å². The zero-order chi connectivity index (χ0) is 9.54. The first kappa shape index (κ1) is 7.44. The maximum atomic E-state index is 4.33. The Kier molecular flexibility index (Phi) is 1.33. The highest BCUT2D eigenvalue weighted by molar-refractivity contribution is 6.03. The van der Waals surface area contributed by atoms with Crippen molar-refractivity contribution in [2.24, 2.45) is 7.05 Å². The van der Waals surface area contributed by atoms with Crippen LogP contribution in [0.1, 0.15) is 0 Å². The molecule has 0 N–H and O–H groups in total. The van der Waals surface area contributed by atoms with E-state index in [1.165, 1.54) is 0 Å². The maximum Gasteiger partial charge on any atom is 0.145 e. The van der Waals surface area contributed by atoms with E-state index in [1.807, 2.05) is 23.7 Å². The molecule has 0 unspecified atom stereocenters. The van der Waals surface area contributed by atoms with Gasteiger partial charge in [0.2, 0.25) is 0 Å². The molecule has 0 spiro atoms. The first-order valence-corrected chi connectivity index (χ1v) is 4.37. The van der Waals surface area contributed by atoms with Gasteiger partial charge in [0, 0.05) is 19.4 Å². The minimum Gasteiger partial charge on any atom is -0.327 e. The number of rotatable bonds is 0. The normalized spacial score (nSPS) is 11.2. The molecule has 0 radical (unpaired) electrons. The van der Waals surface area contributed by atoms with E-state index in [0.29, 0.717) is 0 Å². The van der Waals surface area contributed by atoms with Crippen molar-refractivity contribution < 1.29 is 0 Å². The number of hydrogen-bond donors (Lipinski definition) is 0. The number of nitrogens with zero attached hydrogens (tertiary/aromatic N) is 4. The third kappa shape index (κ3) is 0.797. The second kappa shape index (κ2) is 2.51. The molecule has 3 aromatic heterocycles. The van der Waals surface area contributed by atoms with Gasteiger partial charge in [-0.25, -0.2) is 9.97 Å². The summed E-state index contributed by atoms with van der Waals surface area (Å²) < 4.78 is 2.03. The Balaban J connectivity index is 2.69. The Hall–Kier alpha value is -1.97. The van der Waals surface area contributed by atoms with Gasteiger partial charge >= 0.3 is 0 Å². The number of aryl methyl sites for hydroxylation is 1. The van der Waals surface area contributed by atoms with Crippen LogP contribution in [0.3, 0.4) is 0 Å². The quantitative estimate of drug-likeness (QED) is 0.532. The molecule has 14 heavy (non-hydrogen) atoms. The summed E-state index contributed by atoms with van der Waals surface area (Å²) in [6.45, 7) is 0. The summed E-state index contributed by atoms with van der Waals surface area (Å²) in [6.07, 6.45) is 5.15. The fraction of sp³-hybridized carbons (Fsp3) is 0.100. The third-order valence-corrected chi connectivity index (χ3v) is 2.41. The minimum absolute atomic E-state index is 0.925. The van der Waals surface area contributed by atoms with Crippen LogP contribution in [0, 0.1) is 0 Å². The smallest absolute Gasteiger partial charge is 0.145 e. The Morgan fingerprint density at radius 2 is 2.21 bits per heavy atom. The van der Waals surface area contributed by atoms with Crippen LogP contribution >= 0.6 is 0 Å². The highest BCUT2D eigenvalue weighted by Crippen LogP contribution is 2.22. The van der Waals surface area contributed by atoms with E-state index < -0.39 is 0 Å². The van der Waals surface area contributed by atoms with Crippen molar-refractivity contribution in [3.05, 3.63) is 30.9 Å². The maximum absolute atomic E-state index is 4.33. The van der Waals surface area contributed by atoms with E-state index in [4.69, 9.17) is 0 Å². The largest absolute Gasteiger partial charge is 0.327 e. The average Bonchev–Trinajstić information content (AvgIpc) is 2.55. The molecule has 0 saturated heterocycles. The molecular formula is C10H8N4. The predicted octanol–water partition coefficient (Wildman–Crippen LogP) is 1.52. The first-order chi connectivity index (χ1) is 6.88. The summed E-state index contributed by atoms with van der Waals surface area (Å²) in [5.41, 5.74) is 2.97. The van der Waals surface area contributed by atoms with Crippen molar-refractivity contribution in [2.45, 2.75) is 0 Å². The van der Waals surface area contributed by atoms with Crippen LogP contribution in [0.25, 0.3) is 22.1 Å². The Morgan fingerprint density at radius 3 is 3.14 bits per heavy atom. The second-order valence-corrected chi connectivity index (χ2v) is 3.19. The van der Waals surface area contributed by atoms with E-state index in [-0.39, 0.29) is 0 Å². The van der Waals surface area contributed by atoms with Crippen molar-refractivity contribution in [2.75, 3.05) is 0 Å². The van der Waals surface area contributed by atoms with Gasteiger partial charge in [0.25, 0.3) is 0 Å². The van der Waals surface area contributed by atoms with Crippen LogP contribution in [-0.4, -0.2) is 19.5 Å². The van der Waals surface area contributed by atoms with Crippen molar-refractivity contribution >= 4 is 22.1 Å². The molecule has 0 atom stereocenters. The van der Waals surface area contributed by atoms with Gasteiger partial charge < -0.3 is 4.57 Å². The van der Waals surface area contributed by atoms with E-state index >= 15 is 0 Å². The second-order valence-electron chi connectivity index (χ2n) is 3.19. The van der Waals surface area contributed by atoms with Gasteiger partial charge in [-0.3, -0.25) is 4.98 Å². The van der Waals surface area contributed by atoms with Gasteiger partial charge in [-0.2, -0.15) is 0 Å². The van der Waals surface area contributed by atoms with Crippen LogP contribution < -0.4 is 0 Å². The van der Waals surface area contributed by atoms with Gasteiger partial charge in [0.1, 0.15) is 12.0 Å². The van der Waals surface area contributed by atoms with Gasteiger partial charge in [-0.05, 0) is 12.1 Å². The lowest BCUT2D eigenvalue weighted by atomic mass is 10.3. The molecule has 0 amide bonds. The van der Waals surface area contributed by atoms with Gasteiger partial charge in [-0.15, -0.1) is 0 Å². The molecule has 0 fully saturated rings. The van der Waals surface area contributed by atoms with Crippen molar-refractivity contribution in [3.63, 3.8) is 0 Å². The Labute approximate surface area is 80.2 Å². The third-order valence-electron chi connectivity index (χ3n) is 2.41. The molecule has 0 aromatic carbocycles. The zero-order valence-electron chi connectivity index (χ0n) is 7.68. The van der Waals surface area contributed by atoms with E-state index in [2.05, 4.69) is 15.0 Å². The summed E-state index contributed by atoms with van der Waals surface area (Å²) in [6, 6.07) is 3.96.